The number of carboxylic acid groups (broad SMARTS) is 1. The summed E-state index contributed by atoms with van der Waals surface area (Å²) in [7, 11) is 0. The molecule has 17 heavy (non-hydrogen) atoms. The third-order valence-electron chi connectivity index (χ3n) is 2.16. The summed E-state index contributed by atoms with van der Waals surface area (Å²) in [6, 6.07) is 0. The van der Waals surface area contributed by atoms with E-state index in [2.05, 4.69) is 9.97 Å². The molecule has 2 aromatic rings. The van der Waals surface area contributed by atoms with Gasteiger partial charge in [-0.25, -0.2) is 9.97 Å². The lowest BCUT2D eigenvalue weighted by atomic mass is 10.2. The van der Waals surface area contributed by atoms with Gasteiger partial charge in [-0.2, -0.15) is 0 Å². The fourth-order valence-electron chi connectivity index (χ4n) is 1.39. The zero-order valence-corrected chi connectivity index (χ0v) is 11.0. The number of hydrogen-bond donors (Lipinski definition) is 1. The molecule has 90 valence electrons. The van der Waals surface area contributed by atoms with Crippen LogP contribution in [-0.2, 0) is 17.6 Å². The summed E-state index contributed by atoms with van der Waals surface area (Å²) in [5.74, 6) is -0.782. The summed E-state index contributed by atoms with van der Waals surface area (Å²) in [5.41, 5.74) is 1.90. The van der Waals surface area contributed by atoms with Gasteiger partial charge in [0.1, 0.15) is 0 Å². The zero-order valence-electron chi connectivity index (χ0n) is 9.34. The Morgan fingerprint density at radius 3 is 2.65 bits per heavy atom. The third kappa shape index (κ3) is 3.61. The fourth-order valence-corrected chi connectivity index (χ4v) is 3.09. The standard InChI is InChI=1S/C11H12N2O2S2/c1-7-5-16-9(12-7)4-10-13-8(6-17-10)2-3-11(14)15/h5-6H,2-4H2,1H3,(H,14,15). The van der Waals surface area contributed by atoms with Crippen LogP contribution in [0, 0.1) is 6.92 Å². The van der Waals surface area contributed by atoms with Crippen LogP contribution in [0.5, 0.6) is 0 Å². The van der Waals surface area contributed by atoms with Crippen LogP contribution in [0.4, 0.5) is 0 Å². The van der Waals surface area contributed by atoms with Crippen molar-refractivity contribution in [3.63, 3.8) is 0 Å². The van der Waals surface area contributed by atoms with Crippen LogP contribution in [0.1, 0.15) is 27.8 Å². The molecular formula is C11H12N2O2S2. The molecule has 0 aromatic carbocycles. The second kappa shape index (κ2) is 5.37. The van der Waals surface area contributed by atoms with Crippen LogP contribution < -0.4 is 0 Å². The minimum Gasteiger partial charge on any atom is -0.481 e. The highest BCUT2D eigenvalue weighted by atomic mass is 32.1. The van der Waals surface area contributed by atoms with Crippen LogP contribution in [0.15, 0.2) is 10.8 Å². The van der Waals surface area contributed by atoms with Gasteiger partial charge in [-0.1, -0.05) is 0 Å². The average molecular weight is 268 g/mol. The van der Waals surface area contributed by atoms with Crippen molar-refractivity contribution < 1.29 is 9.90 Å². The summed E-state index contributed by atoms with van der Waals surface area (Å²) in [6.45, 7) is 1.97. The number of carboxylic acids is 1. The van der Waals surface area contributed by atoms with E-state index in [1.165, 1.54) is 0 Å². The summed E-state index contributed by atoms with van der Waals surface area (Å²) in [6.07, 6.45) is 1.39. The van der Waals surface area contributed by atoms with E-state index in [1.54, 1.807) is 22.7 Å². The van der Waals surface area contributed by atoms with Crippen LogP contribution in [-0.4, -0.2) is 21.0 Å². The zero-order chi connectivity index (χ0) is 12.3. The summed E-state index contributed by atoms with van der Waals surface area (Å²) in [4.78, 5) is 19.2. The number of aryl methyl sites for hydroxylation is 2. The van der Waals surface area contributed by atoms with E-state index in [0.717, 1.165) is 27.8 Å². The molecule has 0 spiro atoms. The number of rotatable bonds is 5. The monoisotopic (exact) mass is 268 g/mol. The Morgan fingerprint density at radius 2 is 2.00 bits per heavy atom. The highest BCUT2D eigenvalue weighted by Gasteiger charge is 2.07. The maximum absolute atomic E-state index is 10.4. The van der Waals surface area contributed by atoms with Gasteiger partial charge in [-0.15, -0.1) is 22.7 Å². The Labute approximate surface area is 107 Å². The number of hydrogen-bond acceptors (Lipinski definition) is 5. The van der Waals surface area contributed by atoms with Gasteiger partial charge in [0.05, 0.1) is 28.6 Å². The van der Waals surface area contributed by atoms with E-state index in [-0.39, 0.29) is 6.42 Å². The molecular weight excluding hydrogens is 256 g/mol. The molecule has 0 aliphatic rings. The van der Waals surface area contributed by atoms with E-state index in [0.29, 0.717) is 6.42 Å². The molecule has 2 aromatic heterocycles. The molecule has 1 N–H and O–H groups in total. The topological polar surface area (TPSA) is 63.1 Å². The lowest BCUT2D eigenvalue weighted by Crippen LogP contribution is -1.97. The van der Waals surface area contributed by atoms with Gasteiger partial charge in [0.25, 0.3) is 0 Å². The predicted octanol–water partition coefficient (Wildman–Crippen LogP) is 2.52. The predicted molar refractivity (Wildman–Crippen MR) is 67.7 cm³/mol. The molecule has 0 fully saturated rings. The lowest BCUT2D eigenvalue weighted by molar-refractivity contribution is -0.136. The molecule has 0 radical (unpaired) electrons. The Bertz CT molecular complexity index is 519. The summed E-state index contributed by atoms with van der Waals surface area (Å²) < 4.78 is 0. The number of aromatic nitrogens is 2. The van der Waals surface area contributed by atoms with Gasteiger partial charge in [0.2, 0.25) is 0 Å². The molecule has 2 heterocycles. The van der Waals surface area contributed by atoms with Crippen molar-refractivity contribution >= 4 is 28.6 Å². The van der Waals surface area contributed by atoms with Gasteiger partial charge in [0.15, 0.2) is 0 Å². The Kier molecular flexibility index (Phi) is 3.86. The van der Waals surface area contributed by atoms with Crippen molar-refractivity contribution in [1.82, 2.24) is 9.97 Å². The lowest BCUT2D eigenvalue weighted by Gasteiger charge is -1.92. The SMILES string of the molecule is Cc1csc(Cc2nc(CCC(=O)O)cs2)n1. The molecule has 0 saturated heterocycles. The van der Waals surface area contributed by atoms with Gasteiger partial charge in [-0.3, -0.25) is 4.79 Å². The van der Waals surface area contributed by atoms with Crippen molar-refractivity contribution in [3.05, 3.63) is 32.2 Å². The molecule has 0 bridgehead atoms. The quantitative estimate of drug-likeness (QED) is 0.905. The molecule has 6 heteroatoms. The first kappa shape index (κ1) is 12.2. The van der Waals surface area contributed by atoms with Crippen molar-refractivity contribution in [2.24, 2.45) is 0 Å². The second-order valence-electron chi connectivity index (χ2n) is 3.69. The maximum Gasteiger partial charge on any atom is 0.303 e. The second-order valence-corrected chi connectivity index (χ2v) is 5.57. The first-order valence-electron chi connectivity index (χ1n) is 5.19. The number of nitrogens with zero attached hydrogens (tertiary/aromatic N) is 2. The number of thiazole rings is 2. The smallest absolute Gasteiger partial charge is 0.303 e. The highest BCUT2D eigenvalue weighted by Crippen LogP contribution is 2.18. The van der Waals surface area contributed by atoms with E-state index in [9.17, 15) is 4.79 Å². The molecule has 0 unspecified atom stereocenters. The molecule has 0 atom stereocenters. The molecule has 0 aliphatic heterocycles. The minimum atomic E-state index is -0.782. The van der Waals surface area contributed by atoms with Crippen molar-refractivity contribution in [2.45, 2.75) is 26.2 Å². The van der Waals surface area contributed by atoms with Crippen LogP contribution >= 0.6 is 22.7 Å². The third-order valence-corrected chi connectivity index (χ3v) is 4.03. The molecule has 4 nitrogen and oxygen atoms in total. The maximum atomic E-state index is 10.4. The largest absolute Gasteiger partial charge is 0.481 e. The highest BCUT2D eigenvalue weighted by molar-refractivity contribution is 7.11. The van der Waals surface area contributed by atoms with Crippen LogP contribution in [0.25, 0.3) is 0 Å². The van der Waals surface area contributed by atoms with E-state index < -0.39 is 5.97 Å². The average Bonchev–Trinajstić information content (AvgIpc) is 2.86. The van der Waals surface area contributed by atoms with Gasteiger partial charge in [-0.05, 0) is 6.92 Å². The van der Waals surface area contributed by atoms with Crippen LogP contribution in [0.2, 0.25) is 0 Å². The van der Waals surface area contributed by atoms with Gasteiger partial charge in [0, 0.05) is 22.9 Å². The van der Waals surface area contributed by atoms with E-state index in [4.69, 9.17) is 5.11 Å². The first-order chi connectivity index (χ1) is 8.13. The van der Waals surface area contributed by atoms with Crippen molar-refractivity contribution in [1.29, 1.82) is 0 Å². The van der Waals surface area contributed by atoms with E-state index in [1.807, 2.05) is 17.7 Å². The molecule has 0 saturated carbocycles. The summed E-state index contributed by atoms with van der Waals surface area (Å²) >= 11 is 3.20. The van der Waals surface area contributed by atoms with Gasteiger partial charge < -0.3 is 5.11 Å². The normalized spacial score (nSPS) is 10.6. The van der Waals surface area contributed by atoms with Gasteiger partial charge >= 0.3 is 5.97 Å². The minimum absolute atomic E-state index is 0.138. The Hall–Kier alpha value is -1.27. The molecule has 0 aliphatic carbocycles. The number of carbonyl (C=O) groups is 1. The molecule has 2 rings (SSSR count). The van der Waals surface area contributed by atoms with E-state index >= 15 is 0 Å². The van der Waals surface area contributed by atoms with Crippen molar-refractivity contribution in [2.75, 3.05) is 0 Å². The Morgan fingerprint density at radius 1 is 1.29 bits per heavy atom. The number of aliphatic carboxylic acids is 1. The summed E-state index contributed by atoms with van der Waals surface area (Å²) in [5, 5.41) is 14.6. The van der Waals surface area contributed by atoms with Crippen molar-refractivity contribution in [3.8, 4) is 0 Å². The van der Waals surface area contributed by atoms with Crippen LogP contribution in [0.3, 0.4) is 0 Å². The fraction of sp³-hybridized carbons (Fsp3) is 0.364. The Balaban J connectivity index is 1.96. The molecule has 0 amide bonds. The first-order valence-corrected chi connectivity index (χ1v) is 6.95.